The second-order valence-corrected chi connectivity index (χ2v) is 5.65. The van der Waals surface area contributed by atoms with Gasteiger partial charge in [-0.1, -0.05) is 44.2 Å². The molecule has 0 bridgehead atoms. The smallest absolute Gasteiger partial charge is 0.326 e. The van der Waals surface area contributed by atoms with Gasteiger partial charge in [0, 0.05) is 13.0 Å². The maximum atomic E-state index is 12.2. The van der Waals surface area contributed by atoms with Crippen LogP contribution in [0.4, 0.5) is 0 Å². The van der Waals surface area contributed by atoms with Gasteiger partial charge < -0.3 is 16.2 Å². The largest absolute Gasteiger partial charge is 0.480 e. The molecule has 0 spiro atoms. The van der Waals surface area contributed by atoms with Gasteiger partial charge >= 0.3 is 5.97 Å². The van der Waals surface area contributed by atoms with Crippen LogP contribution in [-0.2, 0) is 16.0 Å². The van der Waals surface area contributed by atoms with Crippen LogP contribution in [0.15, 0.2) is 30.3 Å². The first kappa shape index (κ1) is 17.2. The average molecular weight is 292 g/mol. The Kier molecular flexibility index (Phi) is 6.88. The van der Waals surface area contributed by atoms with Crippen LogP contribution in [0.25, 0.3) is 0 Å². The van der Waals surface area contributed by atoms with E-state index in [1.807, 2.05) is 44.2 Å². The predicted molar refractivity (Wildman–Crippen MR) is 81.7 cm³/mol. The van der Waals surface area contributed by atoms with Gasteiger partial charge in [-0.15, -0.1) is 0 Å². The Morgan fingerprint density at radius 2 is 1.86 bits per heavy atom. The number of nitrogens with one attached hydrogen (secondary N) is 1. The van der Waals surface area contributed by atoms with Gasteiger partial charge in [0.15, 0.2) is 0 Å². The SMILES string of the molecule is CC(C)C[C@H](CN)C(=O)N[C@@H](Cc1ccccc1)C(=O)O. The summed E-state index contributed by atoms with van der Waals surface area (Å²) in [6.07, 6.45) is 0.918. The van der Waals surface area contributed by atoms with Crippen LogP contribution in [0.3, 0.4) is 0 Å². The first-order valence-corrected chi connectivity index (χ1v) is 7.21. The van der Waals surface area contributed by atoms with E-state index in [0.29, 0.717) is 12.3 Å². The van der Waals surface area contributed by atoms with E-state index in [4.69, 9.17) is 5.73 Å². The van der Waals surface area contributed by atoms with Crippen molar-refractivity contribution in [3.63, 3.8) is 0 Å². The highest BCUT2D eigenvalue weighted by Crippen LogP contribution is 2.12. The summed E-state index contributed by atoms with van der Waals surface area (Å²) in [6, 6.07) is 8.31. The number of amides is 1. The first-order chi connectivity index (χ1) is 9.93. The van der Waals surface area contributed by atoms with Crippen LogP contribution >= 0.6 is 0 Å². The molecule has 1 rings (SSSR count). The number of carbonyl (C=O) groups excluding carboxylic acids is 1. The molecule has 0 radical (unpaired) electrons. The number of aliphatic carboxylic acids is 1. The third-order valence-corrected chi connectivity index (χ3v) is 3.31. The Morgan fingerprint density at radius 1 is 1.24 bits per heavy atom. The zero-order valence-electron chi connectivity index (χ0n) is 12.6. The second kappa shape index (κ2) is 8.42. The van der Waals surface area contributed by atoms with Gasteiger partial charge in [0.25, 0.3) is 0 Å². The van der Waals surface area contributed by atoms with Crippen LogP contribution in [0.1, 0.15) is 25.8 Å². The minimum atomic E-state index is -1.03. The molecule has 21 heavy (non-hydrogen) atoms. The third kappa shape index (κ3) is 5.95. The molecule has 0 fully saturated rings. The molecule has 0 aliphatic carbocycles. The Balaban J connectivity index is 2.69. The molecule has 2 atom stereocenters. The van der Waals surface area contributed by atoms with Crippen LogP contribution < -0.4 is 11.1 Å². The fourth-order valence-electron chi connectivity index (χ4n) is 2.22. The molecule has 0 heterocycles. The quantitative estimate of drug-likeness (QED) is 0.675. The van der Waals surface area contributed by atoms with E-state index in [9.17, 15) is 14.7 Å². The molecule has 0 aliphatic rings. The first-order valence-electron chi connectivity index (χ1n) is 7.21. The van der Waals surface area contributed by atoms with Gasteiger partial charge in [-0.05, 0) is 17.9 Å². The normalized spacial score (nSPS) is 13.7. The van der Waals surface area contributed by atoms with E-state index < -0.39 is 12.0 Å². The van der Waals surface area contributed by atoms with Crippen molar-refractivity contribution in [1.29, 1.82) is 0 Å². The van der Waals surface area contributed by atoms with Crippen molar-refractivity contribution in [3.05, 3.63) is 35.9 Å². The molecule has 0 saturated heterocycles. The number of carboxylic acid groups (broad SMARTS) is 1. The predicted octanol–water partition coefficient (Wildman–Crippen LogP) is 1.42. The van der Waals surface area contributed by atoms with Crippen LogP contribution in [-0.4, -0.2) is 29.6 Å². The molecule has 1 amide bonds. The molecule has 116 valence electrons. The Hall–Kier alpha value is -1.88. The Labute approximate surface area is 125 Å². The van der Waals surface area contributed by atoms with Crippen molar-refractivity contribution in [2.45, 2.75) is 32.7 Å². The van der Waals surface area contributed by atoms with Gasteiger partial charge in [-0.3, -0.25) is 4.79 Å². The van der Waals surface area contributed by atoms with E-state index in [1.54, 1.807) is 0 Å². The summed E-state index contributed by atoms with van der Waals surface area (Å²) in [4.78, 5) is 23.5. The van der Waals surface area contributed by atoms with Gasteiger partial charge in [0.05, 0.1) is 5.92 Å². The van der Waals surface area contributed by atoms with Crippen molar-refractivity contribution < 1.29 is 14.7 Å². The fraction of sp³-hybridized carbons (Fsp3) is 0.500. The lowest BCUT2D eigenvalue weighted by molar-refractivity contribution is -0.142. The molecule has 5 nitrogen and oxygen atoms in total. The van der Waals surface area contributed by atoms with Crippen molar-refractivity contribution in [2.75, 3.05) is 6.54 Å². The third-order valence-electron chi connectivity index (χ3n) is 3.31. The maximum Gasteiger partial charge on any atom is 0.326 e. The minimum Gasteiger partial charge on any atom is -0.480 e. The molecule has 1 aromatic rings. The Morgan fingerprint density at radius 3 is 2.33 bits per heavy atom. The highest BCUT2D eigenvalue weighted by Gasteiger charge is 2.25. The summed E-state index contributed by atoms with van der Waals surface area (Å²) < 4.78 is 0. The van der Waals surface area contributed by atoms with E-state index in [1.165, 1.54) is 0 Å². The van der Waals surface area contributed by atoms with Gasteiger partial charge in [0.2, 0.25) is 5.91 Å². The van der Waals surface area contributed by atoms with Crippen molar-refractivity contribution >= 4 is 11.9 Å². The van der Waals surface area contributed by atoms with Gasteiger partial charge in [-0.25, -0.2) is 4.79 Å². The zero-order valence-corrected chi connectivity index (χ0v) is 12.6. The highest BCUT2D eigenvalue weighted by atomic mass is 16.4. The molecule has 0 saturated carbocycles. The van der Waals surface area contributed by atoms with E-state index >= 15 is 0 Å². The monoisotopic (exact) mass is 292 g/mol. The van der Waals surface area contributed by atoms with Gasteiger partial charge in [0.1, 0.15) is 6.04 Å². The lowest BCUT2D eigenvalue weighted by Crippen LogP contribution is -2.46. The van der Waals surface area contributed by atoms with Crippen LogP contribution in [0, 0.1) is 11.8 Å². The van der Waals surface area contributed by atoms with Crippen molar-refractivity contribution in [2.24, 2.45) is 17.6 Å². The number of rotatable bonds is 8. The molecule has 4 N–H and O–H groups in total. The average Bonchev–Trinajstić information content (AvgIpc) is 2.44. The number of hydrogen-bond acceptors (Lipinski definition) is 3. The van der Waals surface area contributed by atoms with E-state index in [-0.39, 0.29) is 24.8 Å². The minimum absolute atomic E-state index is 0.224. The van der Waals surface area contributed by atoms with Gasteiger partial charge in [-0.2, -0.15) is 0 Å². The summed E-state index contributed by atoms with van der Waals surface area (Å²) in [5, 5.41) is 11.9. The number of hydrogen-bond donors (Lipinski definition) is 3. The number of nitrogens with two attached hydrogens (primary N) is 1. The number of carbonyl (C=O) groups is 2. The lowest BCUT2D eigenvalue weighted by atomic mass is 9.95. The van der Waals surface area contributed by atoms with Crippen LogP contribution in [0.5, 0.6) is 0 Å². The summed E-state index contributed by atoms with van der Waals surface area (Å²) in [5.41, 5.74) is 6.49. The summed E-state index contributed by atoms with van der Waals surface area (Å²) in [6.45, 7) is 4.24. The molecule has 0 aliphatic heterocycles. The summed E-state index contributed by atoms with van der Waals surface area (Å²) in [5.74, 6) is -1.33. The van der Waals surface area contributed by atoms with E-state index in [2.05, 4.69) is 5.32 Å². The Bertz CT molecular complexity index is 460. The number of carboxylic acids is 1. The second-order valence-electron chi connectivity index (χ2n) is 5.65. The standard InChI is InChI=1S/C16H24N2O3/c1-11(2)8-13(10-17)15(19)18-14(16(20)21)9-12-6-4-3-5-7-12/h3-7,11,13-14H,8-10,17H2,1-2H3,(H,18,19)(H,20,21)/t13-,14+/m1/s1. The highest BCUT2D eigenvalue weighted by molar-refractivity contribution is 5.85. The topological polar surface area (TPSA) is 92.4 Å². The molecular formula is C16H24N2O3. The summed E-state index contributed by atoms with van der Waals surface area (Å²) >= 11 is 0. The maximum absolute atomic E-state index is 12.2. The summed E-state index contributed by atoms with van der Waals surface area (Å²) in [7, 11) is 0. The molecular weight excluding hydrogens is 268 g/mol. The number of benzene rings is 1. The van der Waals surface area contributed by atoms with E-state index in [0.717, 1.165) is 5.56 Å². The fourth-order valence-corrected chi connectivity index (χ4v) is 2.22. The zero-order chi connectivity index (χ0) is 15.8. The molecule has 1 aromatic carbocycles. The lowest BCUT2D eigenvalue weighted by Gasteiger charge is -2.20. The molecule has 0 aromatic heterocycles. The molecule has 0 unspecified atom stereocenters. The van der Waals surface area contributed by atoms with Crippen molar-refractivity contribution in [3.8, 4) is 0 Å². The molecule has 5 heteroatoms. The van der Waals surface area contributed by atoms with Crippen molar-refractivity contribution in [1.82, 2.24) is 5.32 Å². The van der Waals surface area contributed by atoms with Crippen LogP contribution in [0.2, 0.25) is 0 Å².